The standard InChI is InChI=1S/C11H7ClF3N3/c12-10-17-4-6(5-18-10)8-3-7(11(13,14)15)1-2-9(8)16/h1-5H,16H2. The first-order valence-electron chi connectivity index (χ1n) is 4.82. The Hall–Kier alpha value is -1.82. The Morgan fingerprint density at radius 1 is 1.11 bits per heavy atom. The van der Waals surface area contributed by atoms with E-state index in [2.05, 4.69) is 9.97 Å². The van der Waals surface area contributed by atoms with Crippen LogP contribution in [0.3, 0.4) is 0 Å². The molecule has 0 aliphatic heterocycles. The molecule has 0 atom stereocenters. The fraction of sp³-hybridized carbons (Fsp3) is 0.0909. The van der Waals surface area contributed by atoms with Crippen LogP contribution in [0, 0.1) is 0 Å². The summed E-state index contributed by atoms with van der Waals surface area (Å²) >= 11 is 5.51. The number of nitrogen functional groups attached to an aromatic ring is 1. The van der Waals surface area contributed by atoms with Crippen LogP contribution in [0.4, 0.5) is 18.9 Å². The molecule has 3 nitrogen and oxygen atoms in total. The molecule has 1 aromatic carbocycles. The molecular weight excluding hydrogens is 267 g/mol. The van der Waals surface area contributed by atoms with Gasteiger partial charge in [0.05, 0.1) is 5.56 Å². The van der Waals surface area contributed by atoms with Crippen molar-refractivity contribution in [2.24, 2.45) is 0 Å². The zero-order valence-corrected chi connectivity index (χ0v) is 9.63. The number of anilines is 1. The van der Waals surface area contributed by atoms with Gasteiger partial charge in [-0.15, -0.1) is 0 Å². The monoisotopic (exact) mass is 273 g/mol. The average molecular weight is 274 g/mol. The Morgan fingerprint density at radius 2 is 1.72 bits per heavy atom. The molecular formula is C11H7ClF3N3. The van der Waals surface area contributed by atoms with Gasteiger partial charge >= 0.3 is 6.18 Å². The van der Waals surface area contributed by atoms with Crippen molar-refractivity contribution < 1.29 is 13.2 Å². The second-order valence-electron chi connectivity index (χ2n) is 3.54. The molecule has 0 radical (unpaired) electrons. The Bertz CT molecular complexity index is 567. The first-order chi connectivity index (χ1) is 8.38. The summed E-state index contributed by atoms with van der Waals surface area (Å²) in [5.41, 5.74) is 5.69. The van der Waals surface area contributed by atoms with Gasteiger partial charge in [0, 0.05) is 29.2 Å². The molecule has 94 valence electrons. The molecule has 0 fully saturated rings. The number of hydrogen-bond acceptors (Lipinski definition) is 3. The van der Waals surface area contributed by atoms with Gasteiger partial charge in [-0.25, -0.2) is 9.97 Å². The quantitative estimate of drug-likeness (QED) is 0.640. The fourth-order valence-electron chi connectivity index (χ4n) is 1.43. The molecule has 0 spiro atoms. The van der Waals surface area contributed by atoms with Crippen LogP contribution >= 0.6 is 11.6 Å². The van der Waals surface area contributed by atoms with Crippen LogP contribution in [0.2, 0.25) is 5.28 Å². The number of benzene rings is 1. The van der Waals surface area contributed by atoms with Crippen molar-refractivity contribution in [3.63, 3.8) is 0 Å². The highest BCUT2D eigenvalue weighted by atomic mass is 35.5. The van der Waals surface area contributed by atoms with E-state index in [0.29, 0.717) is 5.56 Å². The predicted molar refractivity (Wildman–Crippen MR) is 61.9 cm³/mol. The van der Waals surface area contributed by atoms with Crippen LogP contribution in [0.25, 0.3) is 11.1 Å². The van der Waals surface area contributed by atoms with Crippen LogP contribution in [0.1, 0.15) is 5.56 Å². The summed E-state index contributed by atoms with van der Waals surface area (Å²) in [5.74, 6) is 0. The van der Waals surface area contributed by atoms with Crippen molar-refractivity contribution in [1.29, 1.82) is 0 Å². The largest absolute Gasteiger partial charge is 0.416 e. The van der Waals surface area contributed by atoms with Crippen molar-refractivity contribution in [2.45, 2.75) is 6.18 Å². The fourth-order valence-corrected chi connectivity index (χ4v) is 1.53. The summed E-state index contributed by atoms with van der Waals surface area (Å²) in [4.78, 5) is 7.41. The number of halogens is 4. The molecule has 1 heterocycles. The van der Waals surface area contributed by atoms with Gasteiger partial charge in [-0.1, -0.05) is 0 Å². The van der Waals surface area contributed by atoms with Gasteiger partial charge in [-0.2, -0.15) is 13.2 Å². The second kappa shape index (κ2) is 4.45. The van der Waals surface area contributed by atoms with Gasteiger partial charge in [-0.05, 0) is 29.8 Å². The molecule has 2 rings (SSSR count). The van der Waals surface area contributed by atoms with Crippen LogP contribution in [0.5, 0.6) is 0 Å². The highest BCUT2D eigenvalue weighted by Gasteiger charge is 2.31. The summed E-state index contributed by atoms with van der Waals surface area (Å²) in [7, 11) is 0. The molecule has 0 bridgehead atoms. The lowest BCUT2D eigenvalue weighted by molar-refractivity contribution is -0.137. The molecule has 0 saturated heterocycles. The number of hydrogen-bond donors (Lipinski definition) is 1. The minimum atomic E-state index is -4.42. The first-order valence-corrected chi connectivity index (χ1v) is 5.20. The maximum absolute atomic E-state index is 12.6. The number of rotatable bonds is 1. The summed E-state index contributed by atoms with van der Waals surface area (Å²) in [6, 6.07) is 3.09. The van der Waals surface area contributed by atoms with E-state index in [1.54, 1.807) is 0 Å². The first kappa shape index (κ1) is 12.6. The topological polar surface area (TPSA) is 51.8 Å². The molecule has 7 heteroatoms. The van der Waals surface area contributed by atoms with Gasteiger partial charge in [0.1, 0.15) is 0 Å². The zero-order valence-electron chi connectivity index (χ0n) is 8.87. The normalized spacial score (nSPS) is 11.6. The van der Waals surface area contributed by atoms with Gasteiger partial charge in [0.25, 0.3) is 0 Å². The summed E-state index contributed by atoms with van der Waals surface area (Å²) in [5, 5.41) is 0.0179. The van der Waals surface area contributed by atoms with E-state index in [-0.39, 0.29) is 16.5 Å². The minimum absolute atomic E-state index is 0.0179. The van der Waals surface area contributed by atoms with Gasteiger partial charge in [0.15, 0.2) is 0 Å². The molecule has 0 amide bonds. The molecule has 0 saturated carbocycles. The van der Waals surface area contributed by atoms with E-state index in [1.807, 2.05) is 0 Å². The smallest absolute Gasteiger partial charge is 0.398 e. The van der Waals surface area contributed by atoms with Crippen LogP contribution in [-0.4, -0.2) is 9.97 Å². The van der Waals surface area contributed by atoms with E-state index in [9.17, 15) is 13.2 Å². The number of nitrogens with zero attached hydrogens (tertiary/aromatic N) is 2. The van der Waals surface area contributed by atoms with Crippen molar-refractivity contribution in [3.8, 4) is 11.1 Å². The Morgan fingerprint density at radius 3 is 2.28 bits per heavy atom. The van der Waals surface area contributed by atoms with Crippen molar-refractivity contribution in [3.05, 3.63) is 41.4 Å². The maximum atomic E-state index is 12.6. The second-order valence-corrected chi connectivity index (χ2v) is 3.88. The van der Waals surface area contributed by atoms with Crippen molar-refractivity contribution in [2.75, 3.05) is 5.73 Å². The summed E-state index contributed by atoms with van der Waals surface area (Å²) < 4.78 is 37.8. The average Bonchev–Trinajstić information content (AvgIpc) is 2.29. The van der Waals surface area contributed by atoms with Crippen molar-refractivity contribution in [1.82, 2.24) is 9.97 Å². The molecule has 0 unspecified atom stereocenters. The van der Waals surface area contributed by atoms with Gasteiger partial charge in [-0.3, -0.25) is 0 Å². The van der Waals surface area contributed by atoms with Crippen LogP contribution in [-0.2, 0) is 6.18 Å². The highest BCUT2D eigenvalue weighted by Crippen LogP contribution is 2.34. The lowest BCUT2D eigenvalue weighted by Gasteiger charge is -2.10. The Labute approximate surface area is 105 Å². The number of alkyl halides is 3. The molecule has 1 aromatic heterocycles. The van der Waals surface area contributed by atoms with E-state index in [4.69, 9.17) is 17.3 Å². The van der Waals surface area contributed by atoms with E-state index >= 15 is 0 Å². The maximum Gasteiger partial charge on any atom is 0.416 e. The van der Waals surface area contributed by atoms with Crippen molar-refractivity contribution >= 4 is 17.3 Å². The molecule has 0 aliphatic rings. The third-order valence-corrected chi connectivity index (χ3v) is 2.51. The van der Waals surface area contributed by atoms with Crippen LogP contribution in [0.15, 0.2) is 30.6 Å². The molecule has 18 heavy (non-hydrogen) atoms. The lowest BCUT2D eigenvalue weighted by atomic mass is 10.0. The molecule has 2 aromatic rings. The number of nitrogens with two attached hydrogens (primary N) is 1. The van der Waals surface area contributed by atoms with Gasteiger partial charge < -0.3 is 5.73 Å². The summed E-state index contributed by atoms with van der Waals surface area (Å²) in [6.07, 6.45) is -1.78. The summed E-state index contributed by atoms with van der Waals surface area (Å²) in [6.45, 7) is 0. The third-order valence-electron chi connectivity index (χ3n) is 2.31. The molecule has 0 aliphatic carbocycles. The van der Waals surface area contributed by atoms with Crippen LogP contribution < -0.4 is 5.73 Å². The molecule has 2 N–H and O–H groups in total. The number of aromatic nitrogens is 2. The predicted octanol–water partition coefficient (Wildman–Crippen LogP) is 3.40. The highest BCUT2D eigenvalue weighted by molar-refractivity contribution is 6.28. The van der Waals surface area contributed by atoms with E-state index < -0.39 is 11.7 Å². The zero-order chi connectivity index (χ0) is 13.3. The SMILES string of the molecule is Nc1ccc(C(F)(F)F)cc1-c1cnc(Cl)nc1. The Balaban J connectivity index is 2.53. The van der Waals surface area contributed by atoms with Gasteiger partial charge in [0.2, 0.25) is 5.28 Å². The lowest BCUT2D eigenvalue weighted by Crippen LogP contribution is -2.05. The third kappa shape index (κ3) is 2.53. The van der Waals surface area contributed by atoms with E-state index in [1.165, 1.54) is 18.5 Å². The minimum Gasteiger partial charge on any atom is -0.398 e. The van der Waals surface area contributed by atoms with E-state index in [0.717, 1.165) is 12.1 Å². The Kier molecular flexibility index (Phi) is 3.13.